The first-order valence-electron chi connectivity index (χ1n) is 5.12. The molecule has 16 heavy (non-hydrogen) atoms. The van der Waals surface area contributed by atoms with Gasteiger partial charge in [-0.2, -0.15) is 0 Å². The number of amides is 1. The van der Waals surface area contributed by atoms with Crippen LogP contribution in [0.1, 0.15) is 5.69 Å². The van der Waals surface area contributed by atoms with Gasteiger partial charge in [0.25, 0.3) is 0 Å². The number of aromatic nitrogens is 1. The van der Waals surface area contributed by atoms with Gasteiger partial charge in [0.2, 0.25) is 5.91 Å². The quantitative estimate of drug-likeness (QED) is 0.634. The minimum absolute atomic E-state index is 0.101. The van der Waals surface area contributed by atoms with Crippen LogP contribution in [0.15, 0.2) is 18.3 Å². The first-order chi connectivity index (χ1) is 7.70. The van der Waals surface area contributed by atoms with Gasteiger partial charge in [-0.05, 0) is 19.2 Å². The smallest absolute Gasteiger partial charge is 0.241 e. The van der Waals surface area contributed by atoms with E-state index in [2.05, 4.69) is 10.9 Å². The molecule has 1 aliphatic rings. The predicted octanol–water partition coefficient (Wildman–Crippen LogP) is 0.341. The monoisotopic (exact) mass is 215 g/mol. The zero-order valence-corrected chi connectivity index (χ0v) is 9.18. The Kier molecular flexibility index (Phi) is 2.88. The highest BCUT2D eigenvalue weighted by atomic mass is 16.2. The van der Waals surface area contributed by atoms with E-state index in [0.29, 0.717) is 18.8 Å². The van der Waals surface area contributed by atoms with Crippen LogP contribution in [0.5, 0.6) is 0 Å². The number of terminal acetylenes is 1. The molecule has 0 aromatic carbocycles. The summed E-state index contributed by atoms with van der Waals surface area (Å²) in [7, 11) is 1.94. The summed E-state index contributed by atoms with van der Waals surface area (Å²) in [6.45, 7) is 2.03. The number of anilines is 1. The number of rotatable bonds is 1. The third-order valence-electron chi connectivity index (χ3n) is 2.62. The average Bonchev–Trinajstić information content (AvgIpc) is 2.29. The van der Waals surface area contributed by atoms with Gasteiger partial charge in [0.15, 0.2) is 0 Å². The second kappa shape index (κ2) is 4.33. The second-order valence-corrected chi connectivity index (χ2v) is 3.83. The highest BCUT2D eigenvalue weighted by Gasteiger charge is 2.22. The lowest BCUT2D eigenvalue weighted by Crippen LogP contribution is -2.48. The molecule has 0 aliphatic carbocycles. The van der Waals surface area contributed by atoms with Crippen LogP contribution in [0, 0.1) is 12.3 Å². The molecule has 1 fully saturated rings. The van der Waals surface area contributed by atoms with Gasteiger partial charge < -0.3 is 4.90 Å². The highest BCUT2D eigenvalue weighted by Crippen LogP contribution is 2.15. The van der Waals surface area contributed by atoms with Crippen molar-refractivity contribution >= 4 is 11.6 Å². The Balaban J connectivity index is 2.18. The molecule has 1 aromatic rings. The lowest BCUT2D eigenvalue weighted by molar-refractivity contribution is -0.120. The maximum absolute atomic E-state index is 11.8. The van der Waals surface area contributed by atoms with Crippen molar-refractivity contribution in [2.24, 2.45) is 0 Å². The van der Waals surface area contributed by atoms with Gasteiger partial charge in [-0.1, -0.05) is 5.92 Å². The zero-order chi connectivity index (χ0) is 11.5. The summed E-state index contributed by atoms with van der Waals surface area (Å²) in [5.74, 6) is 2.55. The summed E-state index contributed by atoms with van der Waals surface area (Å²) >= 11 is 0. The number of likely N-dealkylation sites (N-methyl/N-ethyl adjacent to an activating group) is 1. The third-order valence-corrected chi connectivity index (χ3v) is 2.62. The zero-order valence-electron chi connectivity index (χ0n) is 9.18. The van der Waals surface area contributed by atoms with Gasteiger partial charge in [0, 0.05) is 13.1 Å². The number of nitrogens with zero attached hydrogens (tertiary/aromatic N) is 3. The van der Waals surface area contributed by atoms with Crippen molar-refractivity contribution in [1.82, 2.24) is 9.88 Å². The fourth-order valence-electron chi connectivity index (χ4n) is 1.69. The van der Waals surface area contributed by atoms with E-state index in [1.165, 1.54) is 0 Å². The van der Waals surface area contributed by atoms with Crippen molar-refractivity contribution < 1.29 is 4.79 Å². The molecule has 0 unspecified atom stereocenters. The Morgan fingerprint density at radius 1 is 1.44 bits per heavy atom. The summed E-state index contributed by atoms with van der Waals surface area (Å²) in [4.78, 5) is 19.6. The number of carbonyl (C=O) groups is 1. The largest absolute Gasteiger partial charge is 0.308 e. The van der Waals surface area contributed by atoms with Gasteiger partial charge in [-0.25, -0.2) is 4.98 Å². The fraction of sp³-hybridized carbons (Fsp3) is 0.333. The maximum atomic E-state index is 11.8. The van der Waals surface area contributed by atoms with E-state index in [1.54, 1.807) is 17.2 Å². The number of hydrogen-bond donors (Lipinski definition) is 0. The summed E-state index contributed by atoms with van der Waals surface area (Å²) in [6, 6.07) is 3.59. The Labute approximate surface area is 94.9 Å². The summed E-state index contributed by atoms with van der Waals surface area (Å²) in [5.41, 5.74) is 1.41. The molecule has 0 N–H and O–H groups in total. The molecule has 1 amide bonds. The standard InChI is InChI=1S/C12H13N3O/c1-3-10-4-5-11(8-13-10)15-7-6-14(2)9-12(15)16/h1,4-5,8H,6-7,9H2,2H3. The van der Waals surface area contributed by atoms with Gasteiger partial charge in [-0.15, -0.1) is 6.42 Å². The Bertz CT molecular complexity index is 433. The first-order valence-corrected chi connectivity index (χ1v) is 5.12. The molecule has 0 atom stereocenters. The lowest BCUT2D eigenvalue weighted by atomic mass is 10.2. The molecule has 4 nitrogen and oxygen atoms in total. The molecule has 1 aromatic heterocycles. The molecule has 2 rings (SSSR count). The van der Waals surface area contributed by atoms with Gasteiger partial charge >= 0.3 is 0 Å². The molecule has 1 aliphatic heterocycles. The minimum Gasteiger partial charge on any atom is -0.308 e. The fourth-order valence-corrected chi connectivity index (χ4v) is 1.69. The number of carbonyl (C=O) groups excluding carboxylic acids is 1. The average molecular weight is 215 g/mol. The van der Waals surface area contributed by atoms with E-state index in [1.807, 2.05) is 18.0 Å². The Hall–Kier alpha value is -1.86. The second-order valence-electron chi connectivity index (χ2n) is 3.83. The highest BCUT2D eigenvalue weighted by molar-refractivity contribution is 5.95. The Morgan fingerprint density at radius 2 is 2.25 bits per heavy atom. The lowest BCUT2D eigenvalue weighted by Gasteiger charge is -2.31. The van der Waals surface area contributed by atoms with Crippen molar-refractivity contribution in [2.45, 2.75) is 0 Å². The summed E-state index contributed by atoms with van der Waals surface area (Å²) < 4.78 is 0. The van der Waals surface area contributed by atoms with Crippen molar-refractivity contribution in [2.75, 3.05) is 31.6 Å². The summed E-state index contributed by atoms with van der Waals surface area (Å²) in [6.07, 6.45) is 6.88. The molecule has 0 bridgehead atoms. The predicted molar refractivity (Wildman–Crippen MR) is 62.0 cm³/mol. The molecule has 4 heteroatoms. The number of hydrogen-bond acceptors (Lipinski definition) is 3. The first kappa shape index (κ1) is 10.7. The van der Waals surface area contributed by atoms with Crippen molar-refractivity contribution in [3.05, 3.63) is 24.0 Å². The van der Waals surface area contributed by atoms with Crippen molar-refractivity contribution in [1.29, 1.82) is 0 Å². The van der Waals surface area contributed by atoms with Crippen LogP contribution in [-0.4, -0.2) is 42.5 Å². The van der Waals surface area contributed by atoms with E-state index in [9.17, 15) is 4.79 Å². The van der Waals surface area contributed by atoms with E-state index in [4.69, 9.17) is 6.42 Å². The van der Waals surface area contributed by atoms with Crippen molar-refractivity contribution in [3.8, 4) is 12.3 Å². The molecule has 82 valence electrons. The van der Waals surface area contributed by atoms with Crippen LogP contribution < -0.4 is 4.90 Å². The van der Waals surface area contributed by atoms with E-state index < -0.39 is 0 Å². The van der Waals surface area contributed by atoms with E-state index in [-0.39, 0.29) is 5.91 Å². The molecular formula is C12H13N3O. The van der Waals surface area contributed by atoms with Crippen LogP contribution in [0.3, 0.4) is 0 Å². The minimum atomic E-state index is 0.101. The van der Waals surface area contributed by atoms with Gasteiger partial charge in [0.1, 0.15) is 5.69 Å². The van der Waals surface area contributed by atoms with Crippen LogP contribution >= 0.6 is 0 Å². The molecule has 0 spiro atoms. The van der Waals surface area contributed by atoms with Gasteiger partial charge in [-0.3, -0.25) is 9.69 Å². The van der Waals surface area contributed by atoms with Crippen LogP contribution in [0.2, 0.25) is 0 Å². The molecule has 0 saturated carbocycles. The normalized spacial score (nSPS) is 17.2. The van der Waals surface area contributed by atoms with Crippen LogP contribution in [-0.2, 0) is 4.79 Å². The number of piperazine rings is 1. The summed E-state index contributed by atoms with van der Waals surface area (Å²) in [5, 5.41) is 0. The molecular weight excluding hydrogens is 202 g/mol. The Morgan fingerprint density at radius 3 is 2.81 bits per heavy atom. The SMILES string of the molecule is C#Cc1ccc(N2CCN(C)CC2=O)cn1. The van der Waals surface area contributed by atoms with Crippen LogP contribution in [0.25, 0.3) is 0 Å². The van der Waals surface area contributed by atoms with E-state index in [0.717, 1.165) is 12.2 Å². The van der Waals surface area contributed by atoms with Gasteiger partial charge in [0.05, 0.1) is 18.4 Å². The maximum Gasteiger partial charge on any atom is 0.241 e. The topological polar surface area (TPSA) is 36.4 Å². The molecule has 0 radical (unpaired) electrons. The van der Waals surface area contributed by atoms with Crippen molar-refractivity contribution in [3.63, 3.8) is 0 Å². The van der Waals surface area contributed by atoms with E-state index >= 15 is 0 Å². The van der Waals surface area contributed by atoms with Crippen LogP contribution in [0.4, 0.5) is 5.69 Å². The molecule has 2 heterocycles. The third kappa shape index (κ3) is 2.05. The molecule has 1 saturated heterocycles. The number of pyridine rings is 1.